The number of methoxy groups -OCH3 is 4. The van der Waals surface area contributed by atoms with Gasteiger partial charge in [0, 0.05) is 17.5 Å². The molecule has 0 unspecified atom stereocenters. The molecule has 0 spiro atoms. The quantitative estimate of drug-likeness (QED) is 0.414. The van der Waals surface area contributed by atoms with Crippen LogP contribution in [0, 0.1) is 0 Å². The van der Waals surface area contributed by atoms with Gasteiger partial charge in [0.1, 0.15) is 11.1 Å². The van der Waals surface area contributed by atoms with Gasteiger partial charge in [0.15, 0.2) is 23.0 Å². The summed E-state index contributed by atoms with van der Waals surface area (Å²) in [7, 11) is 6.30. The molecule has 0 saturated carbocycles. The van der Waals surface area contributed by atoms with E-state index in [4.69, 9.17) is 23.4 Å². The van der Waals surface area contributed by atoms with Crippen molar-refractivity contribution in [1.29, 1.82) is 0 Å². The first-order chi connectivity index (χ1) is 13.1. The number of phenolic OH excluding ortho intramolecular Hbond substituents is 1. The smallest absolute Gasteiger partial charge is 0.372 e. The SMILES string of the molecule is COc1cc2cc(O)c3c4cc(OC)c(OC)cc4c[o+]c3c2cc1OC. The monoisotopic (exact) mass is 367 g/mol. The van der Waals surface area contributed by atoms with E-state index in [1.807, 2.05) is 24.3 Å². The average molecular weight is 367 g/mol. The van der Waals surface area contributed by atoms with Crippen LogP contribution in [0.2, 0.25) is 0 Å². The summed E-state index contributed by atoms with van der Waals surface area (Å²) >= 11 is 0. The first-order valence-electron chi connectivity index (χ1n) is 8.29. The Morgan fingerprint density at radius 1 is 0.667 bits per heavy atom. The average Bonchev–Trinajstić information content (AvgIpc) is 2.71. The fraction of sp³-hybridized carbons (Fsp3) is 0.190. The number of fused-ring (bicyclic) bond motifs is 5. The summed E-state index contributed by atoms with van der Waals surface area (Å²) in [5.74, 6) is 2.43. The maximum Gasteiger partial charge on any atom is 0.372 e. The molecule has 0 atom stereocenters. The van der Waals surface area contributed by atoms with Crippen molar-refractivity contribution in [3.63, 3.8) is 0 Å². The van der Waals surface area contributed by atoms with E-state index < -0.39 is 0 Å². The zero-order valence-electron chi connectivity index (χ0n) is 15.5. The van der Waals surface area contributed by atoms with E-state index in [-0.39, 0.29) is 5.75 Å². The first-order valence-corrected chi connectivity index (χ1v) is 8.29. The van der Waals surface area contributed by atoms with Crippen LogP contribution in [0.4, 0.5) is 0 Å². The van der Waals surface area contributed by atoms with Crippen molar-refractivity contribution in [3.8, 4) is 28.7 Å². The van der Waals surface area contributed by atoms with Crippen molar-refractivity contribution in [1.82, 2.24) is 0 Å². The summed E-state index contributed by atoms with van der Waals surface area (Å²) in [6.45, 7) is 0. The van der Waals surface area contributed by atoms with Gasteiger partial charge in [-0.05, 0) is 23.6 Å². The summed E-state index contributed by atoms with van der Waals surface area (Å²) in [5.41, 5.74) is 0.547. The number of phenols is 1. The Labute approximate surface area is 155 Å². The predicted octanol–water partition coefficient (Wildman–Crippen LogP) is 4.76. The Bertz CT molecular complexity index is 1180. The Hall–Kier alpha value is -3.41. The molecule has 0 saturated heterocycles. The van der Waals surface area contributed by atoms with Crippen molar-refractivity contribution in [2.45, 2.75) is 0 Å². The molecule has 6 nitrogen and oxygen atoms in total. The number of ether oxygens (including phenoxy) is 4. The van der Waals surface area contributed by atoms with E-state index in [0.29, 0.717) is 34.0 Å². The van der Waals surface area contributed by atoms with Crippen molar-refractivity contribution in [3.05, 3.63) is 36.6 Å². The largest absolute Gasteiger partial charge is 0.507 e. The second kappa shape index (κ2) is 6.39. The molecule has 3 aromatic carbocycles. The van der Waals surface area contributed by atoms with Crippen molar-refractivity contribution in [2.24, 2.45) is 0 Å². The standard InChI is InChI=1S/C21H18O6/c1-23-16-6-11-5-15(22)20-13-8-18(25-3)17(24-2)7-12(13)10-27-21(20)14(11)9-19(16)26-4/h5-10H,1-4H3/p+1. The molecular weight excluding hydrogens is 348 g/mol. The van der Waals surface area contributed by atoms with Gasteiger partial charge in [-0.25, -0.2) is 4.42 Å². The lowest BCUT2D eigenvalue weighted by Gasteiger charge is -2.11. The zero-order chi connectivity index (χ0) is 19.1. The molecule has 27 heavy (non-hydrogen) atoms. The van der Waals surface area contributed by atoms with Crippen LogP contribution in [-0.2, 0) is 0 Å². The minimum Gasteiger partial charge on any atom is -0.507 e. The molecule has 0 bridgehead atoms. The fourth-order valence-electron chi connectivity index (χ4n) is 3.40. The minimum atomic E-state index is 0.103. The van der Waals surface area contributed by atoms with Gasteiger partial charge < -0.3 is 24.1 Å². The van der Waals surface area contributed by atoms with Gasteiger partial charge in [0.2, 0.25) is 0 Å². The summed E-state index contributed by atoms with van der Waals surface area (Å²) in [6, 6.07) is 8.98. The third-order valence-electron chi connectivity index (χ3n) is 4.70. The molecule has 138 valence electrons. The second-order valence-corrected chi connectivity index (χ2v) is 6.06. The lowest BCUT2D eigenvalue weighted by atomic mass is 10.0. The zero-order valence-corrected chi connectivity index (χ0v) is 15.5. The highest BCUT2D eigenvalue weighted by atomic mass is 16.5. The first kappa shape index (κ1) is 17.0. The topological polar surface area (TPSA) is 68.5 Å². The second-order valence-electron chi connectivity index (χ2n) is 6.06. The van der Waals surface area contributed by atoms with Gasteiger partial charge in [-0.3, -0.25) is 0 Å². The highest BCUT2D eigenvalue weighted by Gasteiger charge is 2.23. The van der Waals surface area contributed by atoms with Crippen LogP contribution in [0.1, 0.15) is 0 Å². The van der Waals surface area contributed by atoms with Crippen LogP contribution >= 0.6 is 0 Å². The van der Waals surface area contributed by atoms with Gasteiger partial charge in [-0.2, -0.15) is 0 Å². The molecule has 0 fully saturated rings. The number of rotatable bonds is 4. The van der Waals surface area contributed by atoms with Gasteiger partial charge in [-0.1, -0.05) is 0 Å². The van der Waals surface area contributed by atoms with Crippen molar-refractivity contribution >= 4 is 32.5 Å². The van der Waals surface area contributed by atoms with Crippen LogP contribution in [0.25, 0.3) is 32.5 Å². The van der Waals surface area contributed by atoms with E-state index in [0.717, 1.165) is 21.5 Å². The minimum absolute atomic E-state index is 0.103. The fourth-order valence-corrected chi connectivity index (χ4v) is 3.40. The predicted molar refractivity (Wildman–Crippen MR) is 104 cm³/mol. The van der Waals surface area contributed by atoms with Crippen LogP contribution in [-0.4, -0.2) is 33.5 Å². The molecule has 4 rings (SSSR count). The molecule has 6 heteroatoms. The van der Waals surface area contributed by atoms with Crippen molar-refractivity contribution in [2.75, 3.05) is 28.4 Å². The van der Waals surface area contributed by atoms with E-state index in [2.05, 4.69) is 0 Å². The van der Waals surface area contributed by atoms with Crippen LogP contribution in [0.5, 0.6) is 28.7 Å². The molecule has 1 N–H and O–H groups in total. The Kier molecular flexibility index (Phi) is 4.03. The van der Waals surface area contributed by atoms with E-state index in [9.17, 15) is 5.11 Å². The molecular formula is C21H19O6+. The van der Waals surface area contributed by atoms with Gasteiger partial charge >= 0.3 is 11.8 Å². The van der Waals surface area contributed by atoms with Gasteiger partial charge in [0.05, 0.1) is 39.2 Å². The summed E-state index contributed by atoms with van der Waals surface area (Å²) < 4.78 is 27.4. The highest BCUT2D eigenvalue weighted by Crippen LogP contribution is 2.43. The maximum absolute atomic E-state index is 10.7. The summed E-state index contributed by atoms with van der Waals surface area (Å²) in [6.07, 6.45) is 1.63. The van der Waals surface area contributed by atoms with Crippen LogP contribution in [0.3, 0.4) is 0 Å². The molecule has 0 aliphatic heterocycles. The molecule has 0 aliphatic rings. The number of hydrogen-bond acceptors (Lipinski definition) is 5. The molecule has 1 aromatic heterocycles. The van der Waals surface area contributed by atoms with Gasteiger partial charge in [-0.15, -0.1) is 0 Å². The molecule has 1 heterocycles. The summed E-state index contributed by atoms with van der Waals surface area (Å²) in [4.78, 5) is 0. The Balaban J connectivity index is 2.16. The third kappa shape index (κ3) is 2.52. The third-order valence-corrected chi connectivity index (χ3v) is 4.70. The van der Waals surface area contributed by atoms with E-state index in [1.165, 1.54) is 0 Å². The lowest BCUT2D eigenvalue weighted by Crippen LogP contribution is -1.92. The van der Waals surface area contributed by atoms with Crippen LogP contribution < -0.4 is 18.9 Å². The molecule has 0 aliphatic carbocycles. The molecule has 4 aromatic rings. The van der Waals surface area contributed by atoms with Gasteiger partial charge in [0.25, 0.3) is 0 Å². The lowest BCUT2D eigenvalue weighted by molar-refractivity contribution is 0.355. The Morgan fingerprint density at radius 2 is 1.19 bits per heavy atom. The normalized spacial score (nSPS) is 11.1. The van der Waals surface area contributed by atoms with E-state index in [1.54, 1.807) is 40.8 Å². The van der Waals surface area contributed by atoms with Crippen molar-refractivity contribution < 1.29 is 28.5 Å². The highest BCUT2D eigenvalue weighted by molar-refractivity contribution is 6.17. The number of aromatic hydroxyl groups is 1. The Morgan fingerprint density at radius 3 is 1.78 bits per heavy atom. The summed E-state index contributed by atoms with van der Waals surface area (Å²) in [5, 5.41) is 14.5. The number of hydrogen-bond donors (Lipinski definition) is 1. The van der Waals surface area contributed by atoms with Crippen LogP contribution in [0.15, 0.2) is 41.0 Å². The number of benzene rings is 3. The molecule has 0 amide bonds. The van der Waals surface area contributed by atoms with E-state index >= 15 is 0 Å². The maximum atomic E-state index is 10.7. The molecule has 0 radical (unpaired) electrons.